The highest BCUT2D eigenvalue weighted by Crippen LogP contribution is 2.53. The second kappa shape index (κ2) is 14.8. The van der Waals surface area contributed by atoms with E-state index in [1.165, 1.54) is 0 Å². The monoisotopic (exact) mass is 596 g/mol. The highest BCUT2D eigenvalue weighted by atomic mass is 35.5. The largest absolute Gasteiger partial charge is 0.390 e. The molecule has 3 fully saturated rings. The molecule has 1 aromatic carbocycles. The summed E-state index contributed by atoms with van der Waals surface area (Å²) in [7, 11) is -3.60. The first-order chi connectivity index (χ1) is 19.1. The molecule has 2 saturated heterocycles. The molecule has 4 rings (SSSR count). The van der Waals surface area contributed by atoms with Crippen LogP contribution in [0.25, 0.3) is 0 Å². The van der Waals surface area contributed by atoms with Crippen molar-refractivity contribution in [2.24, 2.45) is 5.41 Å². The highest BCUT2D eigenvalue weighted by Gasteiger charge is 2.46. The van der Waals surface area contributed by atoms with Crippen molar-refractivity contribution in [2.75, 3.05) is 13.1 Å². The van der Waals surface area contributed by atoms with E-state index in [1.54, 1.807) is 24.3 Å². The van der Waals surface area contributed by atoms with E-state index in [2.05, 4.69) is 13.8 Å². The quantitative estimate of drug-likeness (QED) is 0.270. The van der Waals surface area contributed by atoms with Crippen LogP contribution < -0.4 is 0 Å². The molecule has 2 atom stereocenters. The van der Waals surface area contributed by atoms with Gasteiger partial charge in [0.25, 0.3) is 0 Å². The van der Waals surface area contributed by atoms with Crippen LogP contribution in [0.5, 0.6) is 0 Å². The molecule has 2 aliphatic heterocycles. The Labute approximate surface area is 248 Å². The van der Waals surface area contributed by atoms with Gasteiger partial charge in [-0.3, -0.25) is 4.79 Å². The van der Waals surface area contributed by atoms with Crippen molar-refractivity contribution >= 4 is 27.5 Å². The normalized spacial score (nSPS) is 24.2. The SMILES string of the molecule is CC.CCCC1CCCC(CCCC2(CC(=O)N3CCC(O)(CCC)CC3)CC2)N1S(=O)(=O)c1ccc(Cl)cc1. The number of hydrogen-bond donors (Lipinski definition) is 1. The first kappa shape index (κ1) is 33.4. The molecule has 2 heterocycles. The van der Waals surface area contributed by atoms with E-state index in [0.717, 1.165) is 77.0 Å². The van der Waals surface area contributed by atoms with Crippen LogP contribution in [-0.4, -0.2) is 59.4 Å². The molecule has 0 aromatic heterocycles. The number of hydrogen-bond acceptors (Lipinski definition) is 4. The minimum absolute atomic E-state index is 0.00539. The van der Waals surface area contributed by atoms with Gasteiger partial charge in [-0.05, 0) is 93.9 Å². The van der Waals surface area contributed by atoms with Crippen LogP contribution in [0, 0.1) is 5.41 Å². The fourth-order valence-corrected chi connectivity index (χ4v) is 8.92. The lowest BCUT2D eigenvalue weighted by molar-refractivity contribution is -0.137. The predicted molar refractivity (Wildman–Crippen MR) is 164 cm³/mol. The zero-order chi connectivity index (χ0) is 29.4. The number of carbonyl (C=O) groups is 1. The lowest BCUT2D eigenvalue weighted by Gasteiger charge is -2.41. The van der Waals surface area contributed by atoms with E-state index >= 15 is 0 Å². The summed E-state index contributed by atoms with van der Waals surface area (Å²) in [4.78, 5) is 15.4. The molecule has 40 heavy (non-hydrogen) atoms. The zero-order valence-electron chi connectivity index (χ0n) is 25.3. The van der Waals surface area contributed by atoms with Crippen LogP contribution in [-0.2, 0) is 14.8 Å². The lowest BCUT2D eigenvalue weighted by Crippen LogP contribution is -2.50. The fraction of sp³-hybridized carbons (Fsp3) is 0.781. The summed E-state index contributed by atoms with van der Waals surface area (Å²) in [6, 6.07) is 6.61. The molecule has 2 unspecified atom stereocenters. The molecule has 1 aliphatic carbocycles. The van der Waals surface area contributed by atoms with E-state index in [4.69, 9.17) is 11.6 Å². The molecule has 1 aromatic rings. The molecule has 0 spiro atoms. The molecule has 0 radical (unpaired) electrons. The summed E-state index contributed by atoms with van der Waals surface area (Å²) in [6.07, 6.45) is 13.4. The van der Waals surface area contributed by atoms with Gasteiger partial charge in [0.05, 0.1) is 10.5 Å². The first-order valence-electron chi connectivity index (χ1n) is 15.9. The summed E-state index contributed by atoms with van der Waals surface area (Å²) < 4.78 is 29.4. The number of nitrogens with zero attached hydrogens (tertiary/aromatic N) is 2. The number of rotatable bonds is 12. The van der Waals surface area contributed by atoms with Crippen molar-refractivity contribution in [1.29, 1.82) is 0 Å². The summed E-state index contributed by atoms with van der Waals surface area (Å²) in [5, 5.41) is 11.2. The summed E-state index contributed by atoms with van der Waals surface area (Å²) in [5.74, 6) is 0.230. The Morgan fingerprint density at radius 1 is 0.950 bits per heavy atom. The fourth-order valence-electron chi connectivity index (χ4n) is 6.86. The third-order valence-electron chi connectivity index (χ3n) is 9.30. The minimum Gasteiger partial charge on any atom is -0.390 e. The number of carbonyl (C=O) groups excluding carboxylic acids is 1. The second-order valence-electron chi connectivity index (χ2n) is 12.2. The van der Waals surface area contributed by atoms with Crippen LogP contribution in [0.4, 0.5) is 0 Å². The van der Waals surface area contributed by atoms with Crippen molar-refractivity contribution in [3.8, 4) is 0 Å². The number of aliphatic hydroxyl groups is 1. The van der Waals surface area contributed by atoms with Gasteiger partial charge in [-0.25, -0.2) is 8.42 Å². The molecule has 1 amide bonds. The molecule has 0 bridgehead atoms. The van der Waals surface area contributed by atoms with Gasteiger partial charge >= 0.3 is 0 Å². The van der Waals surface area contributed by atoms with Crippen LogP contribution in [0.15, 0.2) is 29.2 Å². The Balaban J connectivity index is 0.00000216. The number of halogens is 1. The molecule has 1 saturated carbocycles. The Hall–Kier alpha value is -1.15. The smallest absolute Gasteiger partial charge is 0.243 e. The number of sulfonamides is 1. The third kappa shape index (κ3) is 8.45. The minimum atomic E-state index is -3.60. The molecule has 1 N–H and O–H groups in total. The Bertz CT molecular complexity index is 1030. The number of piperidine rings is 2. The predicted octanol–water partition coefficient (Wildman–Crippen LogP) is 7.57. The first-order valence-corrected chi connectivity index (χ1v) is 17.7. The molecular formula is C32H53ClN2O4S. The molecule has 8 heteroatoms. The molecular weight excluding hydrogens is 544 g/mol. The average molecular weight is 597 g/mol. The van der Waals surface area contributed by atoms with Gasteiger partial charge in [0.15, 0.2) is 0 Å². The maximum atomic E-state index is 13.8. The maximum Gasteiger partial charge on any atom is 0.243 e. The van der Waals surface area contributed by atoms with E-state index in [-0.39, 0.29) is 23.4 Å². The van der Waals surface area contributed by atoms with E-state index < -0.39 is 15.6 Å². The number of likely N-dealkylation sites (tertiary alicyclic amines) is 1. The van der Waals surface area contributed by atoms with Crippen LogP contribution in [0.2, 0.25) is 5.02 Å². The third-order valence-corrected chi connectivity index (χ3v) is 11.6. The van der Waals surface area contributed by atoms with Gasteiger partial charge in [0, 0.05) is 36.6 Å². The van der Waals surface area contributed by atoms with Crippen molar-refractivity contribution in [3.05, 3.63) is 29.3 Å². The van der Waals surface area contributed by atoms with Gasteiger partial charge in [0.2, 0.25) is 15.9 Å². The van der Waals surface area contributed by atoms with Crippen molar-refractivity contribution in [1.82, 2.24) is 9.21 Å². The van der Waals surface area contributed by atoms with Crippen molar-refractivity contribution < 1.29 is 18.3 Å². The topological polar surface area (TPSA) is 77.9 Å². The van der Waals surface area contributed by atoms with Crippen molar-refractivity contribution in [3.63, 3.8) is 0 Å². The summed E-state index contributed by atoms with van der Waals surface area (Å²) in [5.41, 5.74) is -0.512. The van der Waals surface area contributed by atoms with Gasteiger partial charge in [-0.15, -0.1) is 0 Å². The summed E-state index contributed by atoms with van der Waals surface area (Å²) in [6.45, 7) is 9.53. The van der Waals surface area contributed by atoms with Crippen molar-refractivity contribution in [2.45, 2.75) is 147 Å². The van der Waals surface area contributed by atoms with Gasteiger partial charge in [-0.1, -0.05) is 65.0 Å². The maximum absolute atomic E-state index is 13.8. The zero-order valence-corrected chi connectivity index (χ0v) is 26.9. The Morgan fingerprint density at radius 2 is 1.55 bits per heavy atom. The lowest BCUT2D eigenvalue weighted by atomic mass is 9.86. The molecule has 228 valence electrons. The number of benzene rings is 1. The van der Waals surface area contributed by atoms with Gasteiger partial charge in [0.1, 0.15) is 0 Å². The molecule has 3 aliphatic rings. The van der Waals surface area contributed by atoms with E-state index in [1.807, 2.05) is 23.1 Å². The van der Waals surface area contributed by atoms with Crippen LogP contribution >= 0.6 is 11.6 Å². The van der Waals surface area contributed by atoms with Gasteiger partial charge in [-0.2, -0.15) is 4.31 Å². The van der Waals surface area contributed by atoms with Crippen LogP contribution in [0.3, 0.4) is 0 Å². The summed E-state index contributed by atoms with van der Waals surface area (Å²) >= 11 is 6.04. The average Bonchev–Trinajstić information content (AvgIpc) is 3.69. The number of amides is 1. The second-order valence-corrected chi connectivity index (χ2v) is 14.5. The Morgan fingerprint density at radius 3 is 2.10 bits per heavy atom. The standard InChI is InChI=1S/C30H47ClN2O4S.C2H6/c1-3-7-25-8-5-9-26(33(25)38(36,37)27-13-11-24(31)12-14-27)10-6-16-29(17-18-29)23-28(34)32-21-19-30(35,15-4-2)20-22-32;1-2/h11-14,25-26,35H,3-10,15-23H2,1-2H3;1-2H3. The van der Waals surface area contributed by atoms with E-state index in [9.17, 15) is 18.3 Å². The van der Waals surface area contributed by atoms with Crippen LogP contribution in [0.1, 0.15) is 124 Å². The van der Waals surface area contributed by atoms with E-state index in [0.29, 0.717) is 42.3 Å². The molecule has 6 nitrogen and oxygen atoms in total. The van der Waals surface area contributed by atoms with Gasteiger partial charge < -0.3 is 10.0 Å². The highest BCUT2D eigenvalue weighted by molar-refractivity contribution is 7.89. The Kier molecular flexibility index (Phi) is 12.4.